The van der Waals surface area contributed by atoms with Crippen LogP contribution in [0.5, 0.6) is 0 Å². The smallest absolute Gasteiger partial charge is 0.414 e. The summed E-state index contributed by atoms with van der Waals surface area (Å²) in [5.41, 5.74) is 5.03. The number of anilines is 2. The predicted octanol–water partition coefficient (Wildman–Crippen LogP) is 0.210. The van der Waals surface area contributed by atoms with Crippen molar-refractivity contribution in [2.75, 3.05) is 55.7 Å². The number of nitrogens with zero attached hydrogens (tertiary/aromatic N) is 5. The second kappa shape index (κ2) is 10.2. The fourth-order valence-corrected chi connectivity index (χ4v) is 3.46. The first-order valence-electron chi connectivity index (χ1n) is 9.75. The van der Waals surface area contributed by atoms with Crippen LogP contribution in [0.15, 0.2) is 29.6 Å². The minimum Gasteiger partial charge on any atom is -0.442 e. The van der Waals surface area contributed by atoms with Crippen molar-refractivity contribution in [2.24, 2.45) is 10.8 Å². The van der Waals surface area contributed by atoms with Gasteiger partial charge in [-0.2, -0.15) is 5.10 Å². The minimum absolute atomic E-state index is 0.00239. The van der Waals surface area contributed by atoms with Gasteiger partial charge in [0.05, 0.1) is 31.9 Å². The maximum atomic E-state index is 14.9. The van der Waals surface area contributed by atoms with E-state index in [1.54, 1.807) is 0 Å². The van der Waals surface area contributed by atoms with Gasteiger partial charge in [0.2, 0.25) is 0 Å². The lowest BCUT2D eigenvalue weighted by molar-refractivity contribution is -0.184. The van der Waals surface area contributed by atoms with Gasteiger partial charge in [0, 0.05) is 44.3 Å². The van der Waals surface area contributed by atoms with Gasteiger partial charge in [-0.15, -0.1) is 0 Å². The van der Waals surface area contributed by atoms with Crippen LogP contribution in [-0.2, 0) is 14.4 Å². The minimum atomic E-state index is -0.876. The molecule has 11 nitrogen and oxygen atoms in total. The van der Waals surface area contributed by atoms with Gasteiger partial charge >= 0.3 is 6.09 Å². The normalized spacial score (nSPS) is 19.3. The molecule has 32 heavy (non-hydrogen) atoms. The topological polar surface area (TPSA) is 124 Å². The molecule has 3 rings (SSSR count). The van der Waals surface area contributed by atoms with E-state index in [9.17, 15) is 18.4 Å². The van der Waals surface area contributed by atoms with Gasteiger partial charge in [-0.25, -0.2) is 18.6 Å². The lowest BCUT2D eigenvalue weighted by Gasteiger charge is -2.24. The van der Waals surface area contributed by atoms with E-state index in [0.717, 1.165) is 22.1 Å². The number of rotatable bonds is 7. The Bertz CT molecular complexity index is 878. The summed E-state index contributed by atoms with van der Waals surface area (Å²) in [5.74, 6) is -2.39. The molecule has 2 amide bonds. The van der Waals surface area contributed by atoms with Crippen LogP contribution in [0.4, 0.5) is 25.0 Å². The number of hydrazone groups is 1. The summed E-state index contributed by atoms with van der Waals surface area (Å²) in [6, 6.07) is 2.10. The fraction of sp³-hybridized carbons (Fsp3) is 0.421. The van der Waals surface area contributed by atoms with Crippen LogP contribution < -0.4 is 15.5 Å². The molecule has 0 radical (unpaired) electrons. The van der Waals surface area contributed by atoms with Crippen LogP contribution in [0.3, 0.4) is 0 Å². The van der Waals surface area contributed by atoms with Crippen molar-refractivity contribution >= 4 is 30.1 Å². The highest BCUT2D eigenvalue weighted by atomic mass is 19.1. The standard InChI is InChI=1S/C19H24F2N6O5/c1-23-25(3-2-22)10-14-11-26(19(30)32-14)13-8-15(20)18(16(21)9-13)24-4-5-27(17(29)12-28)31-7-6-24/h2-3,8-9,14,28H,1,4-7,10-12,22H2/b3-2-/t14-/m0/s1. The van der Waals surface area contributed by atoms with Crippen LogP contribution in [-0.4, -0.2) is 85.9 Å². The number of hydrogen-bond acceptors (Lipinski definition) is 9. The molecular formula is C19H24F2N6O5. The number of cyclic esters (lactones) is 1. The number of amides is 2. The van der Waals surface area contributed by atoms with Crippen LogP contribution in [0.25, 0.3) is 0 Å². The number of aliphatic hydroxyl groups is 1. The number of nitrogens with two attached hydrogens (primary N) is 1. The molecule has 1 atom stereocenters. The SMILES string of the molecule is C=NN(/C=C\N)C[C@H]1CN(c2cc(F)c(N3CCON(C(=O)CO)CC3)c(F)c2)C(=O)O1. The van der Waals surface area contributed by atoms with E-state index in [1.807, 2.05) is 0 Å². The number of halogens is 2. The number of benzene rings is 1. The highest BCUT2D eigenvalue weighted by molar-refractivity contribution is 5.90. The van der Waals surface area contributed by atoms with Crippen molar-refractivity contribution in [1.82, 2.24) is 10.1 Å². The third kappa shape index (κ3) is 5.06. The zero-order chi connectivity index (χ0) is 23.3. The number of hydroxylamine groups is 2. The van der Waals surface area contributed by atoms with Gasteiger partial charge in [0.1, 0.15) is 18.4 Å². The van der Waals surface area contributed by atoms with Crippen LogP contribution >= 0.6 is 0 Å². The molecule has 2 aliphatic rings. The van der Waals surface area contributed by atoms with Gasteiger partial charge in [0.15, 0.2) is 11.6 Å². The maximum Gasteiger partial charge on any atom is 0.414 e. The summed E-state index contributed by atoms with van der Waals surface area (Å²) in [4.78, 5) is 31.6. The van der Waals surface area contributed by atoms with Crippen molar-refractivity contribution in [2.45, 2.75) is 6.10 Å². The van der Waals surface area contributed by atoms with Crippen molar-refractivity contribution in [3.63, 3.8) is 0 Å². The number of hydrogen-bond donors (Lipinski definition) is 2. The Labute approximate surface area is 182 Å². The van der Waals surface area contributed by atoms with E-state index >= 15 is 0 Å². The van der Waals surface area contributed by atoms with E-state index in [-0.39, 0.29) is 50.7 Å². The second-order valence-electron chi connectivity index (χ2n) is 6.95. The Morgan fingerprint density at radius 3 is 2.69 bits per heavy atom. The average Bonchev–Trinajstić information content (AvgIpc) is 2.96. The molecule has 1 aromatic rings. The first kappa shape index (κ1) is 23.2. The molecule has 0 aliphatic carbocycles. The molecule has 174 valence electrons. The lowest BCUT2D eigenvalue weighted by atomic mass is 10.2. The largest absolute Gasteiger partial charge is 0.442 e. The molecule has 2 saturated heterocycles. The van der Waals surface area contributed by atoms with Gasteiger partial charge in [-0.1, -0.05) is 0 Å². The Morgan fingerprint density at radius 2 is 2.06 bits per heavy atom. The van der Waals surface area contributed by atoms with Crippen LogP contribution in [0, 0.1) is 11.6 Å². The molecule has 2 fully saturated rings. The Balaban J connectivity index is 1.74. The highest BCUT2D eigenvalue weighted by Crippen LogP contribution is 2.31. The molecule has 13 heteroatoms. The number of carbonyl (C=O) groups is 2. The monoisotopic (exact) mass is 454 g/mol. The molecule has 0 aromatic heterocycles. The Morgan fingerprint density at radius 1 is 1.34 bits per heavy atom. The molecule has 2 aliphatic heterocycles. The zero-order valence-electron chi connectivity index (χ0n) is 17.2. The van der Waals surface area contributed by atoms with Crippen molar-refractivity contribution < 1.29 is 33.1 Å². The maximum absolute atomic E-state index is 14.9. The summed E-state index contributed by atoms with van der Waals surface area (Å²) >= 11 is 0. The van der Waals surface area contributed by atoms with Gasteiger partial charge in [0.25, 0.3) is 5.91 Å². The van der Waals surface area contributed by atoms with Crippen LogP contribution in [0.2, 0.25) is 0 Å². The number of aliphatic hydroxyl groups excluding tert-OH is 1. The van der Waals surface area contributed by atoms with Crippen LogP contribution in [0.1, 0.15) is 0 Å². The van der Waals surface area contributed by atoms with Crippen molar-refractivity contribution in [1.29, 1.82) is 0 Å². The average molecular weight is 454 g/mol. The van der Waals surface area contributed by atoms with E-state index in [2.05, 4.69) is 11.8 Å². The first-order valence-corrected chi connectivity index (χ1v) is 9.75. The molecule has 0 saturated carbocycles. The predicted molar refractivity (Wildman–Crippen MR) is 111 cm³/mol. The third-order valence-electron chi connectivity index (χ3n) is 4.93. The number of carbonyl (C=O) groups excluding carboxylic acids is 2. The van der Waals surface area contributed by atoms with E-state index < -0.39 is 36.3 Å². The molecule has 1 aromatic carbocycles. The summed E-state index contributed by atoms with van der Waals surface area (Å²) in [6.45, 7) is 3.11. The van der Waals surface area contributed by atoms with Gasteiger partial charge in [-0.05, 0) is 0 Å². The Hall–Kier alpha value is -3.45. The second-order valence-corrected chi connectivity index (χ2v) is 6.95. The fourth-order valence-electron chi connectivity index (χ4n) is 3.46. The Kier molecular flexibility index (Phi) is 7.43. The molecular weight excluding hydrogens is 430 g/mol. The molecule has 3 N–H and O–H groups in total. The van der Waals surface area contributed by atoms with E-state index in [4.69, 9.17) is 20.4 Å². The third-order valence-corrected chi connectivity index (χ3v) is 4.93. The first-order chi connectivity index (χ1) is 15.4. The summed E-state index contributed by atoms with van der Waals surface area (Å²) in [7, 11) is 0. The highest BCUT2D eigenvalue weighted by Gasteiger charge is 2.34. The molecule has 0 bridgehead atoms. The van der Waals surface area contributed by atoms with Gasteiger partial charge in [-0.3, -0.25) is 19.5 Å². The summed E-state index contributed by atoms with van der Waals surface area (Å²) in [6.07, 6.45) is 1.33. The summed E-state index contributed by atoms with van der Waals surface area (Å²) in [5, 5.41) is 15.0. The molecule has 2 heterocycles. The zero-order valence-corrected chi connectivity index (χ0v) is 17.2. The lowest BCUT2D eigenvalue weighted by Crippen LogP contribution is -2.36. The van der Waals surface area contributed by atoms with Crippen molar-refractivity contribution in [3.8, 4) is 0 Å². The quantitative estimate of drug-likeness (QED) is 0.443. The van der Waals surface area contributed by atoms with Crippen molar-refractivity contribution in [3.05, 3.63) is 36.2 Å². The number of ether oxygens (including phenoxy) is 1. The van der Waals surface area contributed by atoms with Gasteiger partial charge < -0.3 is 20.5 Å². The van der Waals surface area contributed by atoms with E-state index in [0.29, 0.717) is 0 Å². The molecule has 0 unspecified atom stereocenters. The van der Waals surface area contributed by atoms with E-state index in [1.165, 1.54) is 22.3 Å². The summed E-state index contributed by atoms with van der Waals surface area (Å²) < 4.78 is 35.1. The molecule has 0 spiro atoms.